The number of hydrogen-bond acceptors (Lipinski definition) is 3. The van der Waals surface area contributed by atoms with Crippen molar-refractivity contribution >= 4 is 11.6 Å². The Balaban J connectivity index is 1.77. The SMILES string of the molecule is Cc1cccc2nc(C(=O)OCc3ccccc3)cn12. The maximum atomic E-state index is 12.0. The summed E-state index contributed by atoms with van der Waals surface area (Å²) in [6.45, 7) is 2.22. The van der Waals surface area contributed by atoms with Crippen molar-refractivity contribution in [3.63, 3.8) is 0 Å². The molecule has 0 saturated heterocycles. The number of aromatic nitrogens is 2. The molecule has 0 radical (unpaired) electrons. The predicted octanol–water partition coefficient (Wildman–Crippen LogP) is 3.00. The highest BCUT2D eigenvalue weighted by Gasteiger charge is 2.12. The minimum atomic E-state index is -0.406. The first-order valence-electron chi connectivity index (χ1n) is 6.40. The molecule has 100 valence electrons. The number of pyridine rings is 1. The van der Waals surface area contributed by atoms with Crippen LogP contribution in [0.5, 0.6) is 0 Å². The average Bonchev–Trinajstić information content (AvgIpc) is 2.91. The zero-order valence-corrected chi connectivity index (χ0v) is 11.1. The van der Waals surface area contributed by atoms with Gasteiger partial charge in [-0.15, -0.1) is 0 Å². The number of fused-ring (bicyclic) bond motifs is 1. The lowest BCUT2D eigenvalue weighted by Crippen LogP contribution is -2.05. The lowest BCUT2D eigenvalue weighted by Gasteiger charge is -2.02. The molecule has 0 amide bonds. The van der Waals surface area contributed by atoms with Crippen molar-refractivity contribution in [1.29, 1.82) is 0 Å². The second kappa shape index (κ2) is 5.17. The third-order valence-electron chi connectivity index (χ3n) is 3.12. The summed E-state index contributed by atoms with van der Waals surface area (Å²) >= 11 is 0. The smallest absolute Gasteiger partial charge is 0.358 e. The number of imidazole rings is 1. The Hall–Kier alpha value is -2.62. The molecule has 0 unspecified atom stereocenters. The average molecular weight is 266 g/mol. The molecule has 0 aliphatic heterocycles. The van der Waals surface area contributed by atoms with E-state index in [4.69, 9.17) is 4.74 Å². The minimum absolute atomic E-state index is 0.256. The van der Waals surface area contributed by atoms with E-state index in [-0.39, 0.29) is 6.61 Å². The van der Waals surface area contributed by atoms with Crippen LogP contribution < -0.4 is 0 Å². The van der Waals surface area contributed by atoms with Crippen LogP contribution in [0.3, 0.4) is 0 Å². The van der Waals surface area contributed by atoms with E-state index in [1.54, 1.807) is 6.20 Å². The van der Waals surface area contributed by atoms with E-state index in [9.17, 15) is 4.79 Å². The highest BCUT2D eigenvalue weighted by atomic mass is 16.5. The molecule has 0 bridgehead atoms. The van der Waals surface area contributed by atoms with Crippen molar-refractivity contribution < 1.29 is 9.53 Å². The fourth-order valence-corrected chi connectivity index (χ4v) is 2.04. The molecule has 2 heterocycles. The Labute approximate surface area is 116 Å². The molecule has 2 aromatic heterocycles. The van der Waals surface area contributed by atoms with E-state index in [1.807, 2.05) is 59.9 Å². The summed E-state index contributed by atoms with van der Waals surface area (Å²) in [5, 5.41) is 0. The number of nitrogens with zero attached hydrogens (tertiary/aromatic N) is 2. The number of hydrogen-bond donors (Lipinski definition) is 0. The van der Waals surface area contributed by atoms with Gasteiger partial charge in [0.1, 0.15) is 12.3 Å². The molecule has 4 heteroatoms. The van der Waals surface area contributed by atoms with Crippen LogP contribution in [-0.4, -0.2) is 15.4 Å². The first-order chi connectivity index (χ1) is 9.74. The Morgan fingerprint density at radius 2 is 1.95 bits per heavy atom. The molecule has 4 nitrogen and oxygen atoms in total. The summed E-state index contributed by atoms with van der Waals surface area (Å²) in [4.78, 5) is 16.3. The molecule has 1 aromatic carbocycles. The van der Waals surface area contributed by atoms with Gasteiger partial charge in [0.2, 0.25) is 0 Å². The predicted molar refractivity (Wildman–Crippen MR) is 75.5 cm³/mol. The van der Waals surface area contributed by atoms with Crippen LogP contribution in [0.1, 0.15) is 21.7 Å². The Morgan fingerprint density at radius 3 is 2.70 bits per heavy atom. The Bertz CT molecular complexity index is 748. The zero-order valence-electron chi connectivity index (χ0n) is 11.1. The second-order valence-corrected chi connectivity index (χ2v) is 4.58. The van der Waals surface area contributed by atoms with E-state index in [1.165, 1.54) is 0 Å². The highest BCUT2D eigenvalue weighted by molar-refractivity contribution is 5.88. The molecule has 0 atom stereocenters. The fourth-order valence-electron chi connectivity index (χ4n) is 2.04. The number of aryl methyl sites for hydroxylation is 1. The fraction of sp³-hybridized carbons (Fsp3) is 0.125. The summed E-state index contributed by atoms with van der Waals surface area (Å²) in [5.41, 5.74) is 3.06. The molecule has 0 aliphatic rings. The molecule has 3 rings (SSSR count). The number of rotatable bonds is 3. The summed E-state index contributed by atoms with van der Waals surface area (Å²) in [6, 6.07) is 15.3. The van der Waals surface area contributed by atoms with Gasteiger partial charge < -0.3 is 9.14 Å². The van der Waals surface area contributed by atoms with Crippen molar-refractivity contribution in [3.8, 4) is 0 Å². The Morgan fingerprint density at radius 1 is 1.15 bits per heavy atom. The number of carbonyl (C=O) groups is 1. The van der Waals surface area contributed by atoms with Crippen molar-refractivity contribution in [2.75, 3.05) is 0 Å². The maximum absolute atomic E-state index is 12.0. The first-order valence-corrected chi connectivity index (χ1v) is 6.40. The van der Waals surface area contributed by atoms with Crippen LogP contribution in [0.25, 0.3) is 5.65 Å². The monoisotopic (exact) mass is 266 g/mol. The second-order valence-electron chi connectivity index (χ2n) is 4.58. The standard InChI is InChI=1S/C16H14N2O2/c1-12-6-5-9-15-17-14(10-18(12)15)16(19)20-11-13-7-3-2-4-8-13/h2-10H,11H2,1H3. The van der Waals surface area contributed by atoms with Gasteiger partial charge in [0.15, 0.2) is 5.69 Å². The zero-order chi connectivity index (χ0) is 13.9. The van der Waals surface area contributed by atoms with Crippen molar-refractivity contribution in [3.05, 3.63) is 71.7 Å². The molecular weight excluding hydrogens is 252 g/mol. The number of ether oxygens (including phenoxy) is 1. The van der Waals surface area contributed by atoms with Crippen LogP contribution in [0.15, 0.2) is 54.7 Å². The highest BCUT2D eigenvalue weighted by Crippen LogP contribution is 2.10. The van der Waals surface area contributed by atoms with Crippen molar-refractivity contribution in [1.82, 2.24) is 9.38 Å². The van der Waals surface area contributed by atoms with Crippen LogP contribution >= 0.6 is 0 Å². The van der Waals surface area contributed by atoms with Crippen molar-refractivity contribution in [2.45, 2.75) is 13.5 Å². The largest absolute Gasteiger partial charge is 0.456 e. The molecular formula is C16H14N2O2. The van der Waals surface area contributed by atoms with Gasteiger partial charge in [0.05, 0.1) is 0 Å². The van der Waals surface area contributed by atoms with Crippen LogP contribution in [-0.2, 0) is 11.3 Å². The van der Waals surface area contributed by atoms with E-state index >= 15 is 0 Å². The van der Waals surface area contributed by atoms with E-state index in [0.29, 0.717) is 5.69 Å². The minimum Gasteiger partial charge on any atom is -0.456 e. The number of carbonyl (C=O) groups excluding carboxylic acids is 1. The molecule has 3 aromatic rings. The summed E-state index contributed by atoms with van der Waals surface area (Å²) in [7, 11) is 0. The van der Waals surface area contributed by atoms with Crippen LogP contribution in [0, 0.1) is 6.92 Å². The van der Waals surface area contributed by atoms with Crippen molar-refractivity contribution in [2.24, 2.45) is 0 Å². The molecule has 0 fully saturated rings. The van der Waals surface area contributed by atoms with Gasteiger partial charge in [-0.2, -0.15) is 0 Å². The third-order valence-corrected chi connectivity index (χ3v) is 3.12. The maximum Gasteiger partial charge on any atom is 0.358 e. The van der Waals surface area contributed by atoms with Gasteiger partial charge in [-0.05, 0) is 24.6 Å². The van der Waals surface area contributed by atoms with Crippen LogP contribution in [0.2, 0.25) is 0 Å². The number of esters is 1. The van der Waals surface area contributed by atoms with Gasteiger partial charge in [-0.25, -0.2) is 9.78 Å². The summed E-state index contributed by atoms with van der Waals surface area (Å²) < 4.78 is 7.14. The van der Waals surface area contributed by atoms with Gasteiger partial charge in [0.25, 0.3) is 0 Å². The molecule has 20 heavy (non-hydrogen) atoms. The van der Waals surface area contributed by atoms with Crippen LogP contribution in [0.4, 0.5) is 0 Å². The molecule has 0 N–H and O–H groups in total. The summed E-state index contributed by atoms with van der Waals surface area (Å²) in [5.74, 6) is -0.406. The topological polar surface area (TPSA) is 43.6 Å². The lowest BCUT2D eigenvalue weighted by atomic mass is 10.2. The van der Waals surface area contributed by atoms with E-state index in [2.05, 4.69) is 4.98 Å². The quantitative estimate of drug-likeness (QED) is 0.684. The number of benzene rings is 1. The van der Waals surface area contributed by atoms with Gasteiger partial charge >= 0.3 is 5.97 Å². The first kappa shape index (κ1) is 12.4. The lowest BCUT2D eigenvalue weighted by molar-refractivity contribution is 0.0466. The normalized spacial score (nSPS) is 10.7. The molecule has 0 saturated carbocycles. The molecule has 0 spiro atoms. The van der Waals surface area contributed by atoms with Gasteiger partial charge in [-0.3, -0.25) is 0 Å². The van der Waals surface area contributed by atoms with Gasteiger partial charge in [0, 0.05) is 11.9 Å². The summed E-state index contributed by atoms with van der Waals surface area (Å²) in [6.07, 6.45) is 1.71. The third kappa shape index (κ3) is 2.40. The Kier molecular flexibility index (Phi) is 3.21. The van der Waals surface area contributed by atoms with Gasteiger partial charge in [-0.1, -0.05) is 36.4 Å². The molecule has 0 aliphatic carbocycles. The van der Waals surface area contributed by atoms with E-state index in [0.717, 1.165) is 16.9 Å². The van der Waals surface area contributed by atoms with E-state index < -0.39 is 5.97 Å².